The second-order valence-electron chi connectivity index (χ2n) is 6.90. The Morgan fingerprint density at radius 3 is 2.19 bits per heavy atom. The van der Waals surface area contributed by atoms with E-state index in [9.17, 15) is 8.42 Å². The highest BCUT2D eigenvalue weighted by Gasteiger charge is 2.24. The fraction of sp³-hybridized carbons (Fsp3) is 0.0385. The van der Waals surface area contributed by atoms with Crippen molar-refractivity contribution in [1.29, 1.82) is 0 Å². The van der Waals surface area contributed by atoms with Crippen LogP contribution >= 0.6 is 0 Å². The molecule has 0 atom stereocenters. The maximum atomic E-state index is 12.8. The SMILES string of the molecule is Cc1ccc(S(=O)(=O)/N=C2/OC(c3ccccc3)=C/C2=C\C#Cc2ccccc2)cc1. The van der Waals surface area contributed by atoms with E-state index in [1.165, 1.54) is 12.1 Å². The first-order chi connectivity index (χ1) is 15.0. The van der Waals surface area contributed by atoms with Crippen molar-refractivity contribution in [2.24, 2.45) is 4.40 Å². The third kappa shape index (κ3) is 5.00. The van der Waals surface area contributed by atoms with Crippen LogP contribution in [-0.2, 0) is 14.8 Å². The largest absolute Gasteiger partial charge is 0.437 e. The fourth-order valence-corrected chi connectivity index (χ4v) is 3.85. The summed E-state index contributed by atoms with van der Waals surface area (Å²) in [7, 11) is -3.94. The number of sulfonamides is 1. The minimum atomic E-state index is -3.94. The molecule has 0 radical (unpaired) electrons. The summed E-state index contributed by atoms with van der Waals surface area (Å²) >= 11 is 0. The molecule has 0 aromatic heterocycles. The number of ether oxygens (including phenoxy) is 1. The Morgan fingerprint density at radius 2 is 1.52 bits per heavy atom. The molecule has 4 rings (SSSR count). The summed E-state index contributed by atoms with van der Waals surface area (Å²) in [6.45, 7) is 1.89. The zero-order chi connectivity index (χ0) is 21.7. The summed E-state index contributed by atoms with van der Waals surface area (Å²) in [5.74, 6) is 6.52. The van der Waals surface area contributed by atoms with Gasteiger partial charge in [0.1, 0.15) is 5.76 Å². The second-order valence-corrected chi connectivity index (χ2v) is 8.50. The number of allylic oxidation sites excluding steroid dienone is 1. The van der Waals surface area contributed by atoms with Crippen molar-refractivity contribution in [2.45, 2.75) is 11.8 Å². The first-order valence-electron chi connectivity index (χ1n) is 9.65. The molecule has 0 spiro atoms. The quantitative estimate of drug-likeness (QED) is 0.547. The van der Waals surface area contributed by atoms with E-state index < -0.39 is 10.0 Å². The van der Waals surface area contributed by atoms with Gasteiger partial charge in [-0.25, -0.2) is 0 Å². The molecule has 0 bridgehead atoms. The fourth-order valence-electron chi connectivity index (χ4n) is 2.91. The van der Waals surface area contributed by atoms with Gasteiger partial charge in [-0.3, -0.25) is 0 Å². The zero-order valence-corrected chi connectivity index (χ0v) is 17.6. The zero-order valence-electron chi connectivity index (χ0n) is 16.8. The summed E-state index contributed by atoms with van der Waals surface area (Å²) in [5, 5.41) is 0. The Kier molecular flexibility index (Phi) is 5.83. The van der Waals surface area contributed by atoms with Gasteiger partial charge in [-0.1, -0.05) is 78.1 Å². The lowest BCUT2D eigenvalue weighted by atomic mass is 10.1. The molecule has 0 saturated carbocycles. The van der Waals surface area contributed by atoms with E-state index in [0.717, 1.165) is 16.7 Å². The normalized spacial score (nSPS) is 15.8. The topological polar surface area (TPSA) is 55.7 Å². The average molecular weight is 426 g/mol. The van der Waals surface area contributed by atoms with Crippen LogP contribution in [0, 0.1) is 18.8 Å². The van der Waals surface area contributed by atoms with E-state index in [1.54, 1.807) is 24.3 Å². The van der Waals surface area contributed by atoms with Gasteiger partial charge in [-0.15, -0.1) is 4.40 Å². The van der Waals surface area contributed by atoms with Crippen LogP contribution in [0.25, 0.3) is 5.76 Å². The Bertz CT molecular complexity index is 1340. The Morgan fingerprint density at radius 1 is 0.871 bits per heavy atom. The standard InChI is InChI=1S/C26H19NO3S/c1-20-15-17-24(18-16-20)31(28,29)27-26-23(14-8-11-21-9-4-2-5-10-21)19-25(30-26)22-12-6-3-7-13-22/h2-7,9-10,12-19H,1H3/b23-14+,27-26+. The first-order valence-corrected chi connectivity index (χ1v) is 11.1. The van der Waals surface area contributed by atoms with Crippen LogP contribution in [0.3, 0.4) is 0 Å². The van der Waals surface area contributed by atoms with E-state index in [2.05, 4.69) is 16.2 Å². The van der Waals surface area contributed by atoms with Gasteiger partial charge in [0.15, 0.2) is 0 Å². The first kappa shape index (κ1) is 20.4. The number of aryl methyl sites for hydroxylation is 1. The number of hydrogen-bond acceptors (Lipinski definition) is 3. The Balaban J connectivity index is 1.73. The molecule has 1 heterocycles. The minimum absolute atomic E-state index is 0.00166. The third-order valence-corrected chi connectivity index (χ3v) is 5.81. The van der Waals surface area contributed by atoms with Crippen LogP contribution in [0.15, 0.2) is 112 Å². The van der Waals surface area contributed by atoms with Crippen LogP contribution in [0.4, 0.5) is 0 Å². The molecule has 3 aromatic rings. The molecule has 4 nitrogen and oxygen atoms in total. The molecule has 1 aliphatic heterocycles. The van der Waals surface area contributed by atoms with Crippen LogP contribution in [0.2, 0.25) is 0 Å². The number of nitrogens with zero attached hydrogens (tertiary/aromatic N) is 1. The summed E-state index contributed by atoms with van der Waals surface area (Å²) in [6, 6.07) is 25.5. The molecule has 0 amide bonds. The van der Waals surface area contributed by atoms with E-state index in [4.69, 9.17) is 4.74 Å². The summed E-state index contributed by atoms with van der Waals surface area (Å²) in [4.78, 5) is 0.108. The third-order valence-electron chi connectivity index (χ3n) is 4.54. The minimum Gasteiger partial charge on any atom is -0.437 e. The van der Waals surface area contributed by atoms with Crippen molar-refractivity contribution in [3.63, 3.8) is 0 Å². The van der Waals surface area contributed by atoms with Gasteiger partial charge in [0.2, 0.25) is 5.90 Å². The highest BCUT2D eigenvalue weighted by atomic mass is 32.2. The van der Waals surface area contributed by atoms with Gasteiger partial charge in [0.25, 0.3) is 10.0 Å². The molecule has 0 N–H and O–H groups in total. The average Bonchev–Trinajstić information content (AvgIpc) is 3.17. The molecule has 5 heteroatoms. The van der Waals surface area contributed by atoms with Crippen molar-refractivity contribution >= 4 is 21.7 Å². The van der Waals surface area contributed by atoms with Gasteiger partial charge in [-0.2, -0.15) is 8.42 Å². The van der Waals surface area contributed by atoms with Gasteiger partial charge in [0, 0.05) is 22.8 Å². The molecule has 0 aliphatic carbocycles. The van der Waals surface area contributed by atoms with E-state index >= 15 is 0 Å². The predicted molar refractivity (Wildman–Crippen MR) is 123 cm³/mol. The molecule has 0 fully saturated rings. The van der Waals surface area contributed by atoms with Crippen molar-refractivity contribution in [2.75, 3.05) is 0 Å². The van der Waals surface area contributed by atoms with Crippen LogP contribution in [0.1, 0.15) is 16.7 Å². The Hall–Kier alpha value is -3.88. The maximum absolute atomic E-state index is 12.8. The molecular weight excluding hydrogens is 406 g/mol. The highest BCUT2D eigenvalue weighted by Crippen LogP contribution is 2.28. The van der Waals surface area contributed by atoms with Crippen molar-refractivity contribution in [3.8, 4) is 11.8 Å². The Labute approximate surface area is 182 Å². The smallest absolute Gasteiger partial charge is 0.285 e. The molecule has 1 aliphatic rings. The highest BCUT2D eigenvalue weighted by molar-refractivity contribution is 7.90. The monoisotopic (exact) mass is 425 g/mol. The van der Waals surface area contributed by atoms with E-state index in [-0.39, 0.29) is 10.8 Å². The number of hydrogen-bond donors (Lipinski definition) is 0. The van der Waals surface area contributed by atoms with Crippen LogP contribution in [0.5, 0.6) is 0 Å². The van der Waals surface area contributed by atoms with Crippen LogP contribution in [-0.4, -0.2) is 14.3 Å². The number of rotatable bonds is 3. The van der Waals surface area contributed by atoms with E-state index in [1.807, 2.05) is 67.6 Å². The lowest BCUT2D eigenvalue weighted by Gasteiger charge is -2.05. The van der Waals surface area contributed by atoms with Gasteiger partial charge in [-0.05, 0) is 37.3 Å². The summed E-state index contributed by atoms with van der Waals surface area (Å²) in [6.07, 6.45) is 3.37. The van der Waals surface area contributed by atoms with Crippen LogP contribution < -0.4 is 0 Å². The van der Waals surface area contributed by atoms with E-state index in [0.29, 0.717) is 11.3 Å². The predicted octanol–water partition coefficient (Wildman–Crippen LogP) is 5.13. The molecule has 3 aromatic carbocycles. The summed E-state index contributed by atoms with van der Waals surface area (Å²) < 4.78 is 35.5. The lowest BCUT2D eigenvalue weighted by Crippen LogP contribution is -2.06. The van der Waals surface area contributed by atoms with Gasteiger partial charge >= 0.3 is 0 Å². The molecular formula is C26H19NO3S. The molecule has 0 saturated heterocycles. The molecule has 152 valence electrons. The van der Waals surface area contributed by atoms with Gasteiger partial charge < -0.3 is 4.74 Å². The second kappa shape index (κ2) is 8.86. The molecule has 31 heavy (non-hydrogen) atoms. The summed E-state index contributed by atoms with van der Waals surface area (Å²) in [5.41, 5.74) is 3.14. The van der Waals surface area contributed by atoms with Gasteiger partial charge in [0.05, 0.1) is 4.90 Å². The van der Waals surface area contributed by atoms with Crippen molar-refractivity contribution in [1.82, 2.24) is 0 Å². The lowest BCUT2D eigenvalue weighted by molar-refractivity contribution is 0.521. The molecule has 0 unspecified atom stereocenters. The van der Waals surface area contributed by atoms with Crippen molar-refractivity contribution in [3.05, 3.63) is 119 Å². The van der Waals surface area contributed by atoms with Crippen molar-refractivity contribution < 1.29 is 13.2 Å². The maximum Gasteiger partial charge on any atom is 0.285 e. The number of benzene rings is 3.